The lowest BCUT2D eigenvalue weighted by Crippen LogP contribution is -2.46. The standard InChI is InChI=1S/C54H95NO5/c1-4-7-10-13-16-19-22-23-24-25-26-27-28-29-32-35-38-41-44-47-54(59)60-50(45-42-39-36-33-30-20-17-14-11-8-5-2)48-53(58)55-51(49-56)52(57)46-43-40-37-34-31-21-18-15-12-9-6-3/h7,10,16,19,23-24,26-27,29,32,38,41,50-52,56-57H,4-6,8-9,11-15,17-18,20-22,25,28,30-31,33-37,39-40,42-49H2,1-3H3,(H,55,58)/b10-7-,19-16-,24-23-,27-26-,32-29-,41-38-. The van der Waals surface area contributed by atoms with Crippen molar-refractivity contribution in [1.29, 1.82) is 0 Å². The maximum atomic E-state index is 13.2. The minimum absolute atomic E-state index is 0.0467. The number of rotatable bonds is 44. The quantitative estimate of drug-likeness (QED) is 0.0323. The number of allylic oxidation sites excluding steroid dienone is 12. The number of esters is 1. The van der Waals surface area contributed by atoms with Crippen molar-refractivity contribution in [3.63, 3.8) is 0 Å². The van der Waals surface area contributed by atoms with Gasteiger partial charge in [-0.3, -0.25) is 9.59 Å². The van der Waals surface area contributed by atoms with Gasteiger partial charge in [-0.15, -0.1) is 0 Å². The van der Waals surface area contributed by atoms with Crippen LogP contribution < -0.4 is 5.32 Å². The van der Waals surface area contributed by atoms with Crippen LogP contribution in [0.4, 0.5) is 0 Å². The van der Waals surface area contributed by atoms with Crippen molar-refractivity contribution in [2.45, 2.75) is 251 Å². The summed E-state index contributed by atoms with van der Waals surface area (Å²) in [5.74, 6) is -0.574. The number of aliphatic hydroxyl groups excluding tert-OH is 2. The highest BCUT2D eigenvalue weighted by Crippen LogP contribution is 2.17. The van der Waals surface area contributed by atoms with Crippen LogP contribution in [0, 0.1) is 0 Å². The third-order valence-electron chi connectivity index (χ3n) is 11.1. The Kier molecular flexibility index (Phi) is 45.2. The van der Waals surface area contributed by atoms with Crippen LogP contribution in [-0.4, -0.2) is 46.9 Å². The van der Waals surface area contributed by atoms with Gasteiger partial charge in [0.2, 0.25) is 5.91 Å². The van der Waals surface area contributed by atoms with Crippen LogP contribution in [0.3, 0.4) is 0 Å². The molecule has 0 aromatic heterocycles. The third kappa shape index (κ3) is 42.0. The summed E-state index contributed by atoms with van der Waals surface area (Å²) in [5, 5.41) is 23.7. The highest BCUT2D eigenvalue weighted by molar-refractivity contribution is 5.77. The van der Waals surface area contributed by atoms with E-state index in [0.29, 0.717) is 19.3 Å². The third-order valence-corrected chi connectivity index (χ3v) is 11.1. The molecule has 6 heteroatoms. The average Bonchev–Trinajstić information content (AvgIpc) is 3.24. The molecule has 60 heavy (non-hydrogen) atoms. The zero-order valence-electron chi connectivity index (χ0n) is 39.3. The Morgan fingerprint density at radius 3 is 1.27 bits per heavy atom. The number of aliphatic hydroxyl groups is 2. The van der Waals surface area contributed by atoms with Crippen molar-refractivity contribution in [2.24, 2.45) is 0 Å². The van der Waals surface area contributed by atoms with Gasteiger partial charge in [0.25, 0.3) is 0 Å². The van der Waals surface area contributed by atoms with Gasteiger partial charge < -0.3 is 20.3 Å². The van der Waals surface area contributed by atoms with E-state index in [4.69, 9.17) is 4.74 Å². The van der Waals surface area contributed by atoms with Crippen LogP contribution >= 0.6 is 0 Å². The minimum atomic E-state index is -0.799. The van der Waals surface area contributed by atoms with Gasteiger partial charge in [0.05, 0.1) is 25.2 Å². The molecule has 0 aliphatic heterocycles. The molecule has 0 saturated heterocycles. The summed E-state index contributed by atoms with van der Waals surface area (Å²) < 4.78 is 5.88. The number of carbonyl (C=O) groups is 2. The second-order valence-corrected chi connectivity index (χ2v) is 16.8. The van der Waals surface area contributed by atoms with E-state index < -0.39 is 18.2 Å². The van der Waals surface area contributed by atoms with Gasteiger partial charge in [-0.2, -0.15) is 0 Å². The van der Waals surface area contributed by atoms with Crippen molar-refractivity contribution in [1.82, 2.24) is 5.32 Å². The fraction of sp³-hybridized carbons (Fsp3) is 0.741. The average molecular weight is 838 g/mol. The second kappa shape index (κ2) is 47.4. The number of hydrogen-bond acceptors (Lipinski definition) is 5. The second-order valence-electron chi connectivity index (χ2n) is 16.8. The molecule has 3 N–H and O–H groups in total. The van der Waals surface area contributed by atoms with Gasteiger partial charge >= 0.3 is 5.97 Å². The molecule has 0 rings (SSSR count). The smallest absolute Gasteiger partial charge is 0.306 e. The molecule has 0 spiro atoms. The lowest BCUT2D eigenvalue weighted by atomic mass is 10.0. The van der Waals surface area contributed by atoms with Crippen LogP contribution in [0.15, 0.2) is 72.9 Å². The fourth-order valence-electron chi connectivity index (χ4n) is 7.28. The molecular weight excluding hydrogens is 743 g/mol. The Bertz CT molecular complexity index is 1120. The van der Waals surface area contributed by atoms with E-state index in [1.165, 1.54) is 103 Å². The first-order valence-corrected chi connectivity index (χ1v) is 25.2. The van der Waals surface area contributed by atoms with E-state index in [1.807, 2.05) is 6.08 Å². The van der Waals surface area contributed by atoms with E-state index in [2.05, 4.69) is 92.9 Å². The number of hydrogen-bond donors (Lipinski definition) is 3. The lowest BCUT2D eigenvalue weighted by molar-refractivity contribution is -0.150. The molecule has 6 nitrogen and oxygen atoms in total. The first-order valence-electron chi connectivity index (χ1n) is 25.2. The molecule has 0 aliphatic rings. The minimum Gasteiger partial charge on any atom is -0.462 e. The molecule has 3 atom stereocenters. The monoisotopic (exact) mass is 838 g/mol. The Morgan fingerprint density at radius 2 is 0.867 bits per heavy atom. The molecule has 0 aliphatic carbocycles. The first-order chi connectivity index (χ1) is 29.5. The largest absolute Gasteiger partial charge is 0.462 e. The Hall–Kier alpha value is -2.70. The topological polar surface area (TPSA) is 95.9 Å². The number of nitrogens with one attached hydrogen (secondary N) is 1. The maximum absolute atomic E-state index is 13.2. The van der Waals surface area contributed by atoms with Crippen molar-refractivity contribution in [3.8, 4) is 0 Å². The van der Waals surface area contributed by atoms with E-state index >= 15 is 0 Å². The van der Waals surface area contributed by atoms with Crippen LogP contribution in [0.2, 0.25) is 0 Å². The fourth-order valence-corrected chi connectivity index (χ4v) is 7.28. The number of unbranched alkanes of at least 4 members (excludes halogenated alkanes) is 20. The van der Waals surface area contributed by atoms with Gasteiger partial charge in [-0.1, -0.05) is 229 Å². The molecule has 0 saturated carbocycles. The van der Waals surface area contributed by atoms with Crippen molar-refractivity contribution in [2.75, 3.05) is 6.61 Å². The normalized spacial score (nSPS) is 13.9. The molecule has 346 valence electrons. The maximum Gasteiger partial charge on any atom is 0.306 e. The van der Waals surface area contributed by atoms with Crippen LogP contribution in [-0.2, 0) is 14.3 Å². The zero-order valence-corrected chi connectivity index (χ0v) is 39.3. The van der Waals surface area contributed by atoms with E-state index in [1.54, 1.807) is 0 Å². The molecule has 0 heterocycles. The summed E-state index contributed by atoms with van der Waals surface area (Å²) in [6.45, 7) is 6.34. The highest BCUT2D eigenvalue weighted by atomic mass is 16.5. The van der Waals surface area contributed by atoms with Crippen molar-refractivity contribution < 1.29 is 24.5 Å². The van der Waals surface area contributed by atoms with Gasteiger partial charge in [0, 0.05) is 6.42 Å². The summed E-state index contributed by atoms with van der Waals surface area (Å²) in [4.78, 5) is 26.0. The molecule has 0 fully saturated rings. The molecule has 0 bridgehead atoms. The van der Waals surface area contributed by atoms with Crippen LogP contribution in [0.5, 0.6) is 0 Å². The van der Waals surface area contributed by atoms with Gasteiger partial charge in [0.1, 0.15) is 6.10 Å². The molecule has 0 radical (unpaired) electrons. The van der Waals surface area contributed by atoms with E-state index in [-0.39, 0.29) is 31.3 Å². The molecule has 3 unspecified atom stereocenters. The first kappa shape index (κ1) is 57.3. The summed E-state index contributed by atoms with van der Waals surface area (Å²) in [7, 11) is 0. The summed E-state index contributed by atoms with van der Waals surface area (Å²) in [5.41, 5.74) is 0. The zero-order chi connectivity index (χ0) is 43.8. The van der Waals surface area contributed by atoms with Gasteiger partial charge in [-0.05, 0) is 64.2 Å². The number of ether oxygens (including phenoxy) is 1. The highest BCUT2D eigenvalue weighted by Gasteiger charge is 2.24. The predicted molar refractivity (Wildman–Crippen MR) is 259 cm³/mol. The van der Waals surface area contributed by atoms with Gasteiger partial charge in [0.15, 0.2) is 0 Å². The van der Waals surface area contributed by atoms with Crippen molar-refractivity contribution in [3.05, 3.63) is 72.9 Å². The Balaban J connectivity index is 4.66. The van der Waals surface area contributed by atoms with E-state index in [9.17, 15) is 19.8 Å². The van der Waals surface area contributed by atoms with Crippen molar-refractivity contribution >= 4 is 11.9 Å². The SMILES string of the molecule is CC/C=C\C/C=C\C/C=C\C/C=C\C/C=C\C/C=C\CCC(=O)OC(CCCCCCCCCCCCC)CC(=O)NC(CO)C(O)CCCCCCCCCCCCC. The van der Waals surface area contributed by atoms with Crippen LogP contribution in [0.25, 0.3) is 0 Å². The predicted octanol–water partition coefficient (Wildman–Crippen LogP) is 15.0. The Labute approximate surface area is 371 Å². The summed E-state index contributed by atoms with van der Waals surface area (Å²) >= 11 is 0. The summed E-state index contributed by atoms with van der Waals surface area (Å²) in [6.07, 6.45) is 59.7. The molecular formula is C54H95NO5. The molecule has 0 aromatic carbocycles. The molecule has 1 amide bonds. The number of carbonyl (C=O) groups excluding carboxylic acids is 2. The van der Waals surface area contributed by atoms with Crippen LogP contribution in [0.1, 0.15) is 233 Å². The van der Waals surface area contributed by atoms with Gasteiger partial charge in [-0.25, -0.2) is 0 Å². The van der Waals surface area contributed by atoms with E-state index in [0.717, 1.165) is 77.0 Å². The number of amides is 1. The molecule has 0 aromatic rings. The lowest BCUT2D eigenvalue weighted by Gasteiger charge is -2.24. The summed E-state index contributed by atoms with van der Waals surface area (Å²) in [6, 6.07) is -0.716. The Morgan fingerprint density at radius 1 is 0.500 bits per heavy atom.